The van der Waals surface area contributed by atoms with Gasteiger partial charge in [0, 0.05) is 16.7 Å². The molecule has 0 radical (unpaired) electrons. The van der Waals surface area contributed by atoms with E-state index >= 15 is 0 Å². The Hall–Kier alpha value is -3.70. The lowest BCUT2D eigenvalue weighted by Crippen LogP contribution is -2.41. The van der Waals surface area contributed by atoms with Crippen LogP contribution in [0.1, 0.15) is 17.2 Å². The van der Waals surface area contributed by atoms with Gasteiger partial charge in [-0.05, 0) is 20.2 Å². The average molecular weight is 472 g/mol. The first-order valence-corrected chi connectivity index (χ1v) is 10.3. The van der Waals surface area contributed by atoms with Crippen molar-refractivity contribution in [3.63, 3.8) is 0 Å². The quantitative estimate of drug-likeness (QED) is 0.466. The van der Waals surface area contributed by atoms with Gasteiger partial charge in [0.2, 0.25) is 11.6 Å². The average Bonchev–Trinajstić information content (AvgIpc) is 3.47. The van der Waals surface area contributed by atoms with Crippen molar-refractivity contribution in [3.8, 4) is 40.0 Å². The number of benzene rings is 2. The summed E-state index contributed by atoms with van der Waals surface area (Å²) in [6.45, 7) is 0.275. The Labute approximate surface area is 191 Å². The number of halogens is 3. The number of hydrogen-bond donors (Lipinski definition) is 1. The monoisotopic (exact) mass is 472 g/mol. The molecule has 11 heteroatoms. The molecule has 34 heavy (non-hydrogen) atoms. The van der Waals surface area contributed by atoms with Crippen LogP contribution in [0.15, 0.2) is 57.6 Å². The van der Waals surface area contributed by atoms with Gasteiger partial charge < -0.3 is 23.8 Å². The molecule has 2 aromatic heterocycles. The van der Waals surface area contributed by atoms with E-state index in [0.717, 1.165) is 0 Å². The van der Waals surface area contributed by atoms with E-state index in [2.05, 4.69) is 15.3 Å². The summed E-state index contributed by atoms with van der Waals surface area (Å²) in [7, 11) is 3.69. The van der Waals surface area contributed by atoms with Gasteiger partial charge in [0.25, 0.3) is 5.89 Å². The molecule has 1 aliphatic rings. The van der Waals surface area contributed by atoms with E-state index in [4.69, 9.17) is 13.8 Å². The summed E-state index contributed by atoms with van der Waals surface area (Å²) in [5.41, 5.74) is -0.180. The third kappa shape index (κ3) is 3.82. The van der Waals surface area contributed by atoms with Gasteiger partial charge in [0.15, 0.2) is 0 Å². The molecule has 2 aromatic carbocycles. The number of aromatic nitrogens is 3. The van der Waals surface area contributed by atoms with Gasteiger partial charge in [-0.3, -0.25) is 0 Å². The first-order valence-electron chi connectivity index (χ1n) is 10.3. The molecule has 2 atom stereocenters. The largest absolute Gasteiger partial charge is 0.491 e. The summed E-state index contributed by atoms with van der Waals surface area (Å²) in [6.07, 6.45) is -5.53. The number of ether oxygens (including phenoxy) is 1. The van der Waals surface area contributed by atoms with Crippen LogP contribution in [-0.2, 0) is 6.18 Å². The van der Waals surface area contributed by atoms with Gasteiger partial charge in [-0.25, -0.2) is 0 Å². The maximum atomic E-state index is 13.9. The highest BCUT2D eigenvalue weighted by molar-refractivity contribution is 5.71. The third-order valence-corrected chi connectivity index (χ3v) is 5.67. The molecule has 2 unspecified atom stereocenters. The Morgan fingerprint density at radius 2 is 1.76 bits per heavy atom. The van der Waals surface area contributed by atoms with E-state index in [1.54, 1.807) is 36.4 Å². The van der Waals surface area contributed by atoms with Gasteiger partial charge >= 0.3 is 6.18 Å². The van der Waals surface area contributed by atoms with E-state index < -0.39 is 29.5 Å². The molecule has 0 aliphatic carbocycles. The zero-order chi connectivity index (χ0) is 24.0. The summed E-state index contributed by atoms with van der Waals surface area (Å²) in [5, 5.41) is 18.0. The molecule has 5 rings (SSSR count). The van der Waals surface area contributed by atoms with Crippen LogP contribution in [0.5, 0.6) is 5.75 Å². The van der Waals surface area contributed by atoms with Crippen LogP contribution in [0, 0.1) is 0 Å². The second kappa shape index (κ2) is 8.26. The molecule has 8 nitrogen and oxygen atoms in total. The molecule has 1 N–H and O–H groups in total. The van der Waals surface area contributed by atoms with E-state index in [1.165, 1.54) is 12.1 Å². The predicted octanol–water partition coefficient (Wildman–Crippen LogP) is 4.43. The van der Waals surface area contributed by atoms with Crippen LogP contribution >= 0.6 is 0 Å². The van der Waals surface area contributed by atoms with E-state index in [9.17, 15) is 18.3 Å². The zero-order valence-electron chi connectivity index (χ0n) is 18.1. The Kier molecular flexibility index (Phi) is 5.37. The minimum absolute atomic E-state index is 0.0383. The first kappa shape index (κ1) is 22.1. The summed E-state index contributed by atoms with van der Waals surface area (Å²) in [6, 6.07) is 12.6. The maximum Gasteiger partial charge on any atom is 0.422 e. The lowest BCUT2D eigenvalue weighted by molar-refractivity contribution is -0.136. The lowest BCUT2D eigenvalue weighted by atomic mass is 9.97. The molecule has 0 fully saturated rings. The number of alkyl halides is 3. The van der Waals surface area contributed by atoms with Crippen LogP contribution in [0.4, 0.5) is 13.2 Å². The molecule has 3 heterocycles. The minimum Gasteiger partial charge on any atom is -0.491 e. The molecule has 176 valence electrons. The summed E-state index contributed by atoms with van der Waals surface area (Å²) in [5.74, 6) is -0.639. The van der Waals surface area contributed by atoms with E-state index in [1.807, 2.05) is 19.0 Å². The number of aliphatic hydroxyl groups excluding tert-OH is 1. The maximum absolute atomic E-state index is 13.9. The minimum atomic E-state index is -4.77. The van der Waals surface area contributed by atoms with Gasteiger partial charge in [-0.15, -0.1) is 0 Å². The second-order valence-corrected chi connectivity index (χ2v) is 8.06. The highest BCUT2D eigenvalue weighted by atomic mass is 19.4. The van der Waals surface area contributed by atoms with Crippen LogP contribution in [-0.4, -0.2) is 52.0 Å². The van der Waals surface area contributed by atoms with Crippen molar-refractivity contribution in [2.24, 2.45) is 0 Å². The third-order valence-electron chi connectivity index (χ3n) is 5.67. The van der Waals surface area contributed by atoms with Crippen molar-refractivity contribution in [3.05, 3.63) is 59.7 Å². The van der Waals surface area contributed by atoms with Crippen LogP contribution < -0.4 is 4.74 Å². The lowest BCUT2D eigenvalue weighted by Gasteiger charge is -2.34. The molecule has 4 aromatic rings. The van der Waals surface area contributed by atoms with Crippen molar-refractivity contribution in [1.82, 2.24) is 20.2 Å². The van der Waals surface area contributed by atoms with Crippen LogP contribution in [0.3, 0.4) is 0 Å². The highest BCUT2D eigenvalue weighted by Crippen LogP contribution is 2.43. The van der Waals surface area contributed by atoms with Gasteiger partial charge in [-0.2, -0.15) is 18.2 Å². The first-order chi connectivity index (χ1) is 16.2. The number of likely N-dealkylation sites (N-methyl/N-ethyl adjacent to an activating group) is 1. The van der Waals surface area contributed by atoms with Crippen LogP contribution in [0.2, 0.25) is 0 Å². The highest BCUT2D eigenvalue weighted by Gasteiger charge is 2.43. The number of fused-ring (bicyclic) bond motifs is 1. The van der Waals surface area contributed by atoms with Crippen molar-refractivity contribution < 1.29 is 32.1 Å². The summed E-state index contributed by atoms with van der Waals surface area (Å²) in [4.78, 5) is 5.97. The predicted molar refractivity (Wildman–Crippen MR) is 114 cm³/mol. The van der Waals surface area contributed by atoms with Gasteiger partial charge in [0.05, 0.1) is 6.04 Å². The molecular formula is C23H19F3N4O4. The topological polar surface area (TPSA) is 97.7 Å². The molecule has 0 bridgehead atoms. The molecule has 0 saturated carbocycles. The fourth-order valence-electron chi connectivity index (χ4n) is 3.87. The molecular weight excluding hydrogens is 453 g/mol. The number of nitrogens with zero attached hydrogens (tertiary/aromatic N) is 4. The Bertz CT molecular complexity index is 1320. The molecule has 0 spiro atoms. The molecule has 0 saturated heterocycles. The Balaban J connectivity index is 1.51. The summed E-state index contributed by atoms with van der Waals surface area (Å²) < 4.78 is 57.7. The van der Waals surface area contributed by atoms with Gasteiger partial charge in [-0.1, -0.05) is 52.8 Å². The zero-order valence-corrected chi connectivity index (χ0v) is 18.1. The van der Waals surface area contributed by atoms with E-state index in [-0.39, 0.29) is 29.7 Å². The Morgan fingerprint density at radius 1 is 1.00 bits per heavy atom. The van der Waals surface area contributed by atoms with Crippen molar-refractivity contribution in [1.29, 1.82) is 0 Å². The number of aliphatic hydroxyl groups is 1. The van der Waals surface area contributed by atoms with E-state index in [0.29, 0.717) is 16.9 Å². The normalized spacial score (nSPS) is 18.1. The van der Waals surface area contributed by atoms with Crippen molar-refractivity contribution in [2.75, 3.05) is 20.7 Å². The van der Waals surface area contributed by atoms with Gasteiger partial charge in [0.1, 0.15) is 29.7 Å². The smallest absolute Gasteiger partial charge is 0.422 e. The van der Waals surface area contributed by atoms with Crippen LogP contribution in [0.25, 0.3) is 34.3 Å². The fraction of sp³-hybridized carbons (Fsp3) is 0.261. The van der Waals surface area contributed by atoms with Crippen molar-refractivity contribution >= 4 is 0 Å². The molecule has 0 amide bonds. The Morgan fingerprint density at radius 3 is 2.47 bits per heavy atom. The summed E-state index contributed by atoms with van der Waals surface area (Å²) >= 11 is 0. The second-order valence-electron chi connectivity index (χ2n) is 8.06. The fourth-order valence-corrected chi connectivity index (χ4v) is 3.87. The molecule has 1 aliphatic heterocycles. The number of rotatable bonds is 4. The van der Waals surface area contributed by atoms with Crippen molar-refractivity contribution in [2.45, 2.75) is 18.3 Å². The SMILES string of the molecule is CN(C)C1COc2cc(-c3noc(-c4onc(-c5ccccc5)c4C(F)(F)F)n3)ccc2C1O. The number of hydrogen-bond acceptors (Lipinski definition) is 8. The standard InChI is InChI=1S/C23H19F3N4O4/c1-30(2)15-11-32-16-10-13(8-9-14(16)19(15)31)21-27-22(34-29-21)20-17(23(24,25)26)18(28-33-20)12-6-4-3-5-7-12/h3-10,15,19,31H,11H2,1-2H3.